The van der Waals surface area contributed by atoms with Gasteiger partial charge < -0.3 is 5.73 Å². The Bertz CT molecular complexity index is 309. The molecule has 0 heterocycles. The summed E-state index contributed by atoms with van der Waals surface area (Å²) in [4.78, 5) is 0.865. The first-order valence-electron chi connectivity index (χ1n) is 3.89. The minimum Gasteiger partial charge on any atom is -0.399 e. The number of hydrogen-bond acceptors (Lipinski definition) is 2. The van der Waals surface area contributed by atoms with Crippen molar-refractivity contribution in [3.8, 4) is 0 Å². The average Bonchev–Trinajstić information content (AvgIpc) is 2.08. The molecule has 0 saturated heterocycles. The summed E-state index contributed by atoms with van der Waals surface area (Å²) < 4.78 is 11.3. The molecule has 1 aromatic rings. The molecule has 12 heavy (non-hydrogen) atoms. The van der Waals surface area contributed by atoms with Crippen molar-refractivity contribution in [1.82, 2.24) is 0 Å². The molecule has 66 valence electrons. The van der Waals surface area contributed by atoms with Crippen LogP contribution in [0.2, 0.25) is 0 Å². The first-order chi connectivity index (χ1) is 5.65. The summed E-state index contributed by atoms with van der Waals surface area (Å²) in [6.45, 7) is 3.83. The van der Waals surface area contributed by atoms with Crippen LogP contribution < -0.4 is 5.73 Å². The lowest BCUT2D eigenvalue weighted by atomic mass is 10.2. The highest BCUT2D eigenvalue weighted by molar-refractivity contribution is 7.85. The maximum Gasteiger partial charge on any atom is 0.0526 e. The molecule has 1 unspecified atom stereocenters. The van der Waals surface area contributed by atoms with Crippen LogP contribution in [0, 0.1) is 6.92 Å². The van der Waals surface area contributed by atoms with Crippen molar-refractivity contribution >= 4 is 16.5 Å². The molecule has 0 aliphatic rings. The Labute approximate surface area is 75.2 Å². The molecule has 3 heteroatoms. The number of nitrogens with two attached hydrogens (primary N) is 1. The van der Waals surface area contributed by atoms with Gasteiger partial charge in [-0.15, -0.1) is 0 Å². The zero-order valence-corrected chi connectivity index (χ0v) is 8.15. The van der Waals surface area contributed by atoms with E-state index in [0.29, 0.717) is 5.75 Å². The van der Waals surface area contributed by atoms with Crippen molar-refractivity contribution in [1.29, 1.82) is 0 Å². The molecular formula is C9H13NOS. The van der Waals surface area contributed by atoms with Gasteiger partial charge in [-0.05, 0) is 30.7 Å². The van der Waals surface area contributed by atoms with Gasteiger partial charge in [0.05, 0.1) is 10.8 Å². The van der Waals surface area contributed by atoms with Gasteiger partial charge in [-0.25, -0.2) is 0 Å². The molecule has 1 aromatic carbocycles. The normalized spacial score (nSPS) is 12.8. The first kappa shape index (κ1) is 9.26. The predicted octanol–water partition coefficient (Wildman–Crippen LogP) is 1.70. The van der Waals surface area contributed by atoms with Gasteiger partial charge in [0.25, 0.3) is 0 Å². The molecule has 0 saturated carbocycles. The number of benzene rings is 1. The molecule has 0 spiro atoms. The number of nitrogen functional groups attached to an aromatic ring is 1. The maximum atomic E-state index is 11.3. The Hall–Kier alpha value is -0.830. The van der Waals surface area contributed by atoms with E-state index < -0.39 is 10.8 Å². The molecule has 0 fully saturated rings. The highest BCUT2D eigenvalue weighted by Gasteiger charge is 2.01. The van der Waals surface area contributed by atoms with Crippen LogP contribution in [0.15, 0.2) is 23.1 Å². The fourth-order valence-corrected chi connectivity index (χ4v) is 1.82. The monoisotopic (exact) mass is 183 g/mol. The second kappa shape index (κ2) is 3.72. The lowest BCUT2D eigenvalue weighted by Gasteiger charge is -2.02. The van der Waals surface area contributed by atoms with Crippen molar-refractivity contribution in [2.45, 2.75) is 18.7 Å². The van der Waals surface area contributed by atoms with Crippen molar-refractivity contribution in [2.24, 2.45) is 0 Å². The number of anilines is 1. The van der Waals surface area contributed by atoms with E-state index in [2.05, 4.69) is 0 Å². The van der Waals surface area contributed by atoms with E-state index in [1.165, 1.54) is 0 Å². The first-order valence-corrected chi connectivity index (χ1v) is 5.21. The highest BCUT2D eigenvalue weighted by atomic mass is 32.2. The summed E-state index contributed by atoms with van der Waals surface area (Å²) in [6, 6.07) is 5.51. The van der Waals surface area contributed by atoms with E-state index in [-0.39, 0.29) is 0 Å². The molecule has 1 rings (SSSR count). The van der Waals surface area contributed by atoms with E-state index in [0.717, 1.165) is 16.1 Å². The second-order valence-corrected chi connectivity index (χ2v) is 4.39. The van der Waals surface area contributed by atoms with E-state index >= 15 is 0 Å². The summed E-state index contributed by atoms with van der Waals surface area (Å²) in [5.41, 5.74) is 7.38. The van der Waals surface area contributed by atoms with Crippen LogP contribution >= 0.6 is 0 Å². The van der Waals surface area contributed by atoms with Gasteiger partial charge in [0.15, 0.2) is 0 Å². The van der Waals surface area contributed by atoms with Gasteiger partial charge in [-0.3, -0.25) is 4.21 Å². The summed E-state index contributed by atoms with van der Waals surface area (Å²) in [7, 11) is -0.864. The second-order valence-electron chi connectivity index (χ2n) is 2.65. The van der Waals surface area contributed by atoms with Gasteiger partial charge >= 0.3 is 0 Å². The van der Waals surface area contributed by atoms with E-state index in [1.807, 2.05) is 26.0 Å². The van der Waals surface area contributed by atoms with Crippen LogP contribution in [0.5, 0.6) is 0 Å². The van der Waals surface area contributed by atoms with Crippen molar-refractivity contribution < 1.29 is 4.21 Å². The third kappa shape index (κ3) is 1.85. The van der Waals surface area contributed by atoms with E-state index in [1.54, 1.807) is 6.07 Å². The Morgan fingerprint density at radius 1 is 1.50 bits per heavy atom. The molecule has 1 atom stereocenters. The van der Waals surface area contributed by atoms with E-state index in [9.17, 15) is 4.21 Å². The summed E-state index contributed by atoms with van der Waals surface area (Å²) in [5, 5.41) is 0. The summed E-state index contributed by atoms with van der Waals surface area (Å²) in [6.07, 6.45) is 0. The van der Waals surface area contributed by atoms with Crippen molar-refractivity contribution in [3.05, 3.63) is 23.8 Å². The summed E-state index contributed by atoms with van der Waals surface area (Å²) >= 11 is 0. The Morgan fingerprint density at radius 2 is 2.17 bits per heavy atom. The van der Waals surface area contributed by atoms with Crippen LogP contribution in [-0.4, -0.2) is 9.96 Å². The van der Waals surface area contributed by atoms with Crippen LogP contribution in [0.3, 0.4) is 0 Å². The smallest absolute Gasteiger partial charge is 0.0526 e. The van der Waals surface area contributed by atoms with Crippen LogP contribution in [0.25, 0.3) is 0 Å². The Morgan fingerprint density at radius 3 is 2.67 bits per heavy atom. The van der Waals surface area contributed by atoms with Crippen molar-refractivity contribution in [3.63, 3.8) is 0 Å². The lowest BCUT2D eigenvalue weighted by Crippen LogP contribution is -1.96. The highest BCUT2D eigenvalue weighted by Crippen LogP contribution is 2.15. The Kier molecular flexibility index (Phi) is 2.87. The fraction of sp³-hybridized carbons (Fsp3) is 0.333. The summed E-state index contributed by atoms with van der Waals surface area (Å²) in [5.74, 6) is 0.656. The number of rotatable bonds is 2. The van der Waals surface area contributed by atoms with Crippen molar-refractivity contribution in [2.75, 3.05) is 11.5 Å². The minimum atomic E-state index is -0.864. The molecule has 2 nitrogen and oxygen atoms in total. The van der Waals surface area contributed by atoms with E-state index in [4.69, 9.17) is 5.73 Å². The van der Waals surface area contributed by atoms with Gasteiger partial charge in [0.2, 0.25) is 0 Å². The van der Waals surface area contributed by atoms with Gasteiger partial charge in [-0.2, -0.15) is 0 Å². The average molecular weight is 183 g/mol. The molecule has 2 N–H and O–H groups in total. The number of aryl methyl sites for hydroxylation is 1. The predicted molar refractivity (Wildman–Crippen MR) is 52.5 cm³/mol. The van der Waals surface area contributed by atoms with Gasteiger partial charge in [-0.1, -0.05) is 6.92 Å². The quantitative estimate of drug-likeness (QED) is 0.709. The third-order valence-electron chi connectivity index (χ3n) is 1.77. The van der Waals surface area contributed by atoms with Gasteiger partial charge in [0, 0.05) is 16.3 Å². The molecule has 0 radical (unpaired) electrons. The molecular weight excluding hydrogens is 170 g/mol. The SMILES string of the molecule is CCS(=O)c1ccc(N)c(C)c1. The maximum absolute atomic E-state index is 11.3. The zero-order chi connectivity index (χ0) is 9.14. The largest absolute Gasteiger partial charge is 0.399 e. The molecule has 0 amide bonds. The van der Waals surface area contributed by atoms with Crippen LogP contribution in [-0.2, 0) is 10.8 Å². The molecule has 0 bridgehead atoms. The third-order valence-corrected chi connectivity index (χ3v) is 3.07. The molecule has 0 aliphatic heterocycles. The number of hydrogen-bond donors (Lipinski definition) is 1. The van der Waals surface area contributed by atoms with Gasteiger partial charge in [0.1, 0.15) is 0 Å². The fourth-order valence-electron chi connectivity index (χ4n) is 0.956. The van der Waals surface area contributed by atoms with Crippen LogP contribution in [0.1, 0.15) is 12.5 Å². The topological polar surface area (TPSA) is 43.1 Å². The zero-order valence-electron chi connectivity index (χ0n) is 7.33. The van der Waals surface area contributed by atoms with Crippen LogP contribution in [0.4, 0.5) is 5.69 Å². The molecule has 0 aromatic heterocycles. The molecule has 0 aliphatic carbocycles. The standard InChI is InChI=1S/C9H13NOS/c1-3-12(11)8-4-5-9(10)7(2)6-8/h4-6H,3,10H2,1-2H3. The lowest BCUT2D eigenvalue weighted by molar-refractivity contribution is 0.684. The minimum absolute atomic E-state index is 0.656. The Balaban J connectivity index is 3.05.